The lowest BCUT2D eigenvalue weighted by molar-refractivity contribution is -0.384. The number of nitro benzene ring substituents is 1. The Balaban J connectivity index is 0.000000472. The van der Waals surface area contributed by atoms with Crippen LogP contribution in [0.4, 0.5) is 5.69 Å². The number of aldehydes is 1. The third kappa shape index (κ3) is 18.1. The maximum atomic E-state index is 10.4. The van der Waals surface area contributed by atoms with Crippen molar-refractivity contribution < 1.29 is 29.5 Å². The number of hydrogen-bond acceptors (Lipinski definition) is 8. The van der Waals surface area contributed by atoms with E-state index in [9.17, 15) is 24.5 Å². The number of unbranched alkanes of at least 4 members (excludes halogenated alkanes) is 1. The summed E-state index contributed by atoms with van der Waals surface area (Å²) in [6, 6.07) is 5.23. The van der Waals surface area contributed by atoms with Crippen LogP contribution < -0.4 is 17.2 Å². The molecule has 2 saturated carbocycles. The van der Waals surface area contributed by atoms with Crippen molar-refractivity contribution in [2.24, 2.45) is 23.1 Å². The van der Waals surface area contributed by atoms with E-state index in [1.807, 2.05) is 0 Å². The number of hydrogen-bond donors (Lipinski definition) is 5. The van der Waals surface area contributed by atoms with E-state index in [-0.39, 0.29) is 11.6 Å². The predicted molar refractivity (Wildman–Crippen MR) is 142 cm³/mol. The Kier molecular flexibility index (Phi) is 19.6. The summed E-state index contributed by atoms with van der Waals surface area (Å²) in [6.07, 6.45) is 14.7. The van der Waals surface area contributed by atoms with E-state index in [4.69, 9.17) is 27.4 Å². The molecule has 1 atom stereocenters. The van der Waals surface area contributed by atoms with Gasteiger partial charge in [0.2, 0.25) is 0 Å². The monoisotopic (exact) mass is 524 g/mol. The molecule has 0 unspecified atom stereocenters. The van der Waals surface area contributed by atoms with Crippen molar-refractivity contribution in [1.82, 2.24) is 0 Å². The molecular weight excluding hydrogens is 480 g/mol. The second-order valence-electron chi connectivity index (χ2n) is 9.27. The highest BCUT2D eigenvalue weighted by Gasteiger charge is 2.19. The van der Waals surface area contributed by atoms with Gasteiger partial charge in [-0.25, -0.2) is 0 Å². The smallest absolute Gasteiger partial charge is 0.320 e. The number of carboxylic acids is 2. The number of nitrogens with zero attached hydrogens (tertiary/aromatic N) is 1. The molecule has 8 N–H and O–H groups in total. The summed E-state index contributed by atoms with van der Waals surface area (Å²) in [5.74, 6) is -1.56. The molecule has 2 aliphatic carbocycles. The average Bonchev–Trinajstić information content (AvgIpc) is 2.91. The number of non-ortho nitro benzene ring substituents is 1. The molecule has 0 bridgehead atoms. The lowest BCUT2D eigenvalue weighted by Gasteiger charge is -2.16. The molecule has 1 aromatic carbocycles. The zero-order chi connectivity index (χ0) is 28.1. The first-order chi connectivity index (χ1) is 17.6. The van der Waals surface area contributed by atoms with Crippen molar-refractivity contribution >= 4 is 23.9 Å². The van der Waals surface area contributed by atoms with E-state index >= 15 is 0 Å². The Morgan fingerprint density at radius 3 is 1.81 bits per heavy atom. The van der Waals surface area contributed by atoms with E-state index in [0.29, 0.717) is 30.9 Å². The molecular formula is C26H44N4O7. The molecule has 11 heteroatoms. The molecule has 0 amide bonds. The molecule has 0 heterocycles. The van der Waals surface area contributed by atoms with E-state index in [1.165, 1.54) is 62.8 Å². The van der Waals surface area contributed by atoms with E-state index in [1.54, 1.807) is 0 Å². The zero-order valence-electron chi connectivity index (χ0n) is 21.6. The van der Waals surface area contributed by atoms with Gasteiger partial charge in [-0.1, -0.05) is 44.9 Å². The van der Waals surface area contributed by atoms with Crippen molar-refractivity contribution in [3.05, 3.63) is 39.9 Å². The van der Waals surface area contributed by atoms with Crippen LogP contribution in [0.1, 0.15) is 93.8 Å². The van der Waals surface area contributed by atoms with Gasteiger partial charge in [-0.2, -0.15) is 0 Å². The van der Waals surface area contributed by atoms with E-state index in [0.717, 1.165) is 38.5 Å². The third-order valence-corrected chi connectivity index (χ3v) is 6.13. The molecule has 0 spiro atoms. The van der Waals surface area contributed by atoms with Gasteiger partial charge in [-0.05, 0) is 57.2 Å². The van der Waals surface area contributed by atoms with Gasteiger partial charge in [0, 0.05) is 23.7 Å². The highest BCUT2D eigenvalue weighted by atomic mass is 16.6. The molecule has 1 aromatic rings. The third-order valence-electron chi connectivity index (χ3n) is 6.13. The maximum absolute atomic E-state index is 10.4. The first kappa shape index (κ1) is 34.1. The van der Waals surface area contributed by atoms with Crippen molar-refractivity contribution in [1.29, 1.82) is 0 Å². The van der Waals surface area contributed by atoms with Gasteiger partial charge >= 0.3 is 11.9 Å². The summed E-state index contributed by atoms with van der Waals surface area (Å²) in [7, 11) is 0. The SMILES string of the molecule is NC1CCCCC1.NCCCC[C@H](N)C(=O)O.O=C(O)C1CCCCC1.O=Cc1ccc([N+](=O)[O-])cc1. The fraction of sp³-hybridized carbons (Fsp3) is 0.654. The number of nitro groups is 1. The lowest BCUT2D eigenvalue weighted by atomic mass is 9.90. The van der Waals surface area contributed by atoms with Crippen LogP contribution >= 0.6 is 0 Å². The summed E-state index contributed by atoms with van der Waals surface area (Å²) in [5, 5.41) is 27.0. The van der Waals surface area contributed by atoms with Crippen LogP contribution in [0, 0.1) is 16.0 Å². The summed E-state index contributed by atoms with van der Waals surface area (Å²) < 4.78 is 0. The Bertz CT molecular complexity index is 778. The maximum Gasteiger partial charge on any atom is 0.320 e. The van der Waals surface area contributed by atoms with Crippen LogP contribution in [0.25, 0.3) is 0 Å². The topological polar surface area (TPSA) is 213 Å². The predicted octanol–water partition coefficient (Wildman–Crippen LogP) is 3.86. The van der Waals surface area contributed by atoms with Crippen LogP contribution in [0.2, 0.25) is 0 Å². The van der Waals surface area contributed by atoms with Gasteiger partial charge in [0.15, 0.2) is 0 Å². The van der Waals surface area contributed by atoms with Crippen LogP contribution in [0.5, 0.6) is 0 Å². The standard InChI is InChI=1S/C7H5NO3.C7H12O2.C6H14N2O2.C6H13N/c9-5-6-1-3-7(4-2-6)8(10)11;8-7(9)6-4-2-1-3-5-6;7-4-2-1-3-5(8)6(9)10;7-6-4-2-1-3-5-6/h1-5H;6H,1-5H2,(H,8,9);5H,1-4,7-8H2,(H,9,10);6H,1-5,7H2/t;;5-;/m..0./s1. The Hall–Kier alpha value is -2.89. The Morgan fingerprint density at radius 2 is 1.49 bits per heavy atom. The van der Waals surface area contributed by atoms with Gasteiger partial charge in [0.05, 0.1) is 10.8 Å². The molecule has 0 radical (unpaired) electrons. The summed E-state index contributed by atoms with van der Waals surface area (Å²) >= 11 is 0. The van der Waals surface area contributed by atoms with Gasteiger partial charge < -0.3 is 27.4 Å². The average molecular weight is 525 g/mol. The summed E-state index contributed by atoms with van der Waals surface area (Å²) in [5.41, 5.74) is 16.5. The number of carbonyl (C=O) groups excluding carboxylic acids is 1. The molecule has 2 aliphatic rings. The van der Waals surface area contributed by atoms with Crippen LogP contribution in [0.15, 0.2) is 24.3 Å². The van der Waals surface area contributed by atoms with Gasteiger partial charge in [0.1, 0.15) is 12.3 Å². The molecule has 3 rings (SSSR count). The number of rotatable bonds is 8. The minimum atomic E-state index is -0.933. The molecule has 0 aromatic heterocycles. The molecule has 2 fully saturated rings. The van der Waals surface area contributed by atoms with Gasteiger partial charge in [0.25, 0.3) is 5.69 Å². The summed E-state index contributed by atoms with van der Waals surface area (Å²) in [6.45, 7) is 0.604. The quantitative estimate of drug-likeness (QED) is 0.143. The second-order valence-corrected chi connectivity index (χ2v) is 9.27. The molecule has 210 valence electrons. The summed E-state index contributed by atoms with van der Waals surface area (Å²) in [4.78, 5) is 40.2. The lowest BCUT2D eigenvalue weighted by Crippen LogP contribution is -2.29. The second kappa shape index (κ2) is 21.2. The highest BCUT2D eigenvalue weighted by molar-refractivity contribution is 5.75. The van der Waals surface area contributed by atoms with E-state index < -0.39 is 22.9 Å². The number of carboxylic acid groups (broad SMARTS) is 2. The van der Waals surface area contributed by atoms with Crippen LogP contribution in [-0.2, 0) is 9.59 Å². The van der Waals surface area contributed by atoms with Gasteiger partial charge in [-0.3, -0.25) is 24.5 Å². The minimum Gasteiger partial charge on any atom is -0.481 e. The largest absolute Gasteiger partial charge is 0.481 e. The fourth-order valence-electron chi connectivity index (χ4n) is 3.79. The molecule has 11 nitrogen and oxygen atoms in total. The van der Waals surface area contributed by atoms with Crippen LogP contribution in [0.3, 0.4) is 0 Å². The minimum absolute atomic E-state index is 0.00407. The Labute approximate surface area is 218 Å². The normalized spacial score (nSPS) is 16.3. The molecule has 0 aliphatic heterocycles. The zero-order valence-corrected chi connectivity index (χ0v) is 21.6. The van der Waals surface area contributed by atoms with Crippen molar-refractivity contribution in [3.8, 4) is 0 Å². The highest BCUT2D eigenvalue weighted by Crippen LogP contribution is 2.23. The number of nitrogens with two attached hydrogens (primary N) is 3. The first-order valence-electron chi connectivity index (χ1n) is 13.0. The molecule has 37 heavy (non-hydrogen) atoms. The van der Waals surface area contributed by atoms with Crippen molar-refractivity contribution in [3.63, 3.8) is 0 Å². The van der Waals surface area contributed by atoms with Crippen LogP contribution in [-0.4, -0.2) is 52.0 Å². The number of benzene rings is 1. The van der Waals surface area contributed by atoms with Gasteiger partial charge in [-0.15, -0.1) is 0 Å². The number of aliphatic carboxylic acids is 2. The van der Waals surface area contributed by atoms with Crippen molar-refractivity contribution in [2.45, 2.75) is 95.6 Å². The van der Waals surface area contributed by atoms with E-state index in [2.05, 4.69) is 0 Å². The Morgan fingerprint density at radius 1 is 0.973 bits per heavy atom. The molecule has 0 saturated heterocycles. The first-order valence-corrected chi connectivity index (χ1v) is 13.0. The van der Waals surface area contributed by atoms with Crippen molar-refractivity contribution in [2.75, 3.05) is 6.54 Å². The number of carbonyl (C=O) groups is 3. The fourth-order valence-corrected chi connectivity index (χ4v) is 3.79.